The van der Waals surface area contributed by atoms with Crippen molar-refractivity contribution in [2.75, 3.05) is 19.7 Å². The summed E-state index contributed by atoms with van der Waals surface area (Å²) in [5, 5.41) is 12.4. The molecule has 1 fully saturated rings. The number of carbonyl (C=O) groups is 1. The number of nitrogens with zero attached hydrogens (tertiary/aromatic N) is 5. The van der Waals surface area contributed by atoms with Gasteiger partial charge >= 0.3 is 0 Å². The van der Waals surface area contributed by atoms with E-state index in [4.69, 9.17) is 4.74 Å². The van der Waals surface area contributed by atoms with Crippen LogP contribution in [0.5, 0.6) is 5.75 Å². The molecule has 1 aliphatic heterocycles. The lowest BCUT2D eigenvalue weighted by Crippen LogP contribution is -2.42. The molecule has 3 aromatic rings. The molecule has 1 aromatic heterocycles. The molecular formula is C24H29N5O2S. The SMILES string of the molecule is CCOc1ccccc1-n1nnnc1SC(C)C(=O)N1CCC(Cc2ccccc2)CC1. The summed E-state index contributed by atoms with van der Waals surface area (Å²) in [4.78, 5) is 15.1. The van der Waals surface area contributed by atoms with Gasteiger partial charge in [0.2, 0.25) is 11.1 Å². The molecule has 0 radical (unpaired) electrons. The van der Waals surface area contributed by atoms with Gasteiger partial charge in [0, 0.05) is 13.1 Å². The van der Waals surface area contributed by atoms with Crippen LogP contribution in [0, 0.1) is 5.92 Å². The molecule has 0 bridgehead atoms. The Balaban J connectivity index is 1.36. The number of hydrogen-bond acceptors (Lipinski definition) is 6. The van der Waals surface area contributed by atoms with E-state index in [2.05, 4.69) is 45.9 Å². The lowest BCUT2D eigenvalue weighted by Gasteiger charge is -2.33. The molecule has 1 saturated heterocycles. The quantitative estimate of drug-likeness (QED) is 0.482. The maximum absolute atomic E-state index is 13.1. The van der Waals surface area contributed by atoms with E-state index >= 15 is 0 Å². The first-order valence-electron chi connectivity index (χ1n) is 11.2. The molecule has 4 rings (SSSR count). The van der Waals surface area contributed by atoms with Crippen molar-refractivity contribution in [3.05, 3.63) is 60.2 Å². The summed E-state index contributed by atoms with van der Waals surface area (Å²) >= 11 is 1.38. The Labute approximate surface area is 193 Å². The van der Waals surface area contributed by atoms with Crippen LogP contribution in [0.3, 0.4) is 0 Å². The zero-order valence-electron chi connectivity index (χ0n) is 18.6. The molecule has 168 valence electrons. The number of carbonyl (C=O) groups excluding carboxylic acids is 1. The minimum Gasteiger partial charge on any atom is -0.492 e. The van der Waals surface area contributed by atoms with Gasteiger partial charge < -0.3 is 9.64 Å². The predicted molar refractivity (Wildman–Crippen MR) is 125 cm³/mol. The normalized spacial score (nSPS) is 15.5. The third-order valence-electron chi connectivity index (χ3n) is 5.76. The summed E-state index contributed by atoms with van der Waals surface area (Å²) < 4.78 is 7.36. The zero-order valence-corrected chi connectivity index (χ0v) is 19.4. The fraction of sp³-hybridized carbons (Fsp3) is 0.417. The standard InChI is InChI=1S/C24H29N5O2S/c1-3-31-22-12-8-7-11-21(22)29-24(25-26-27-29)32-18(2)23(30)28-15-13-20(14-16-28)17-19-9-5-4-6-10-19/h4-12,18,20H,3,13-17H2,1-2H3. The van der Waals surface area contributed by atoms with E-state index in [9.17, 15) is 4.79 Å². The highest BCUT2D eigenvalue weighted by atomic mass is 32.2. The molecule has 1 amide bonds. The van der Waals surface area contributed by atoms with Crippen LogP contribution in [-0.4, -0.2) is 56.0 Å². The number of ether oxygens (including phenoxy) is 1. The first kappa shape index (κ1) is 22.3. The topological polar surface area (TPSA) is 73.1 Å². The van der Waals surface area contributed by atoms with Crippen LogP contribution in [0.25, 0.3) is 5.69 Å². The zero-order chi connectivity index (χ0) is 22.3. The second-order valence-electron chi connectivity index (χ2n) is 7.99. The maximum atomic E-state index is 13.1. The van der Waals surface area contributed by atoms with Crippen LogP contribution in [0.1, 0.15) is 32.3 Å². The monoisotopic (exact) mass is 451 g/mol. The number of hydrogen-bond donors (Lipinski definition) is 0. The summed E-state index contributed by atoms with van der Waals surface area (Å²) in [5.41, 5.74) is 2.14. The Hall–Kier alpha value is -2.87. The Morgan fingerprint density at radius 1 is 1.12 bits per heavy atom. The van der Waals surface area contributed by atoms with Gasteiger partial charge in [-0.1, -0.05) is 54.2 Å². The number of rotatable bonds is 8. The van der Waals surface area contributed by atoms with Crippen molar-refractivity contribution in [1.29, 1.82) is 0 Å². The van der Waals surface area contributed by atoms with Gasteiger partial charge in [0.15, 0.2) is 0 Å². The molecule has 1 unspecified atom stereocenters. The summed E-state index contributed by atoms with van der Waals surface area (Å²) in [6.45, 7) is 6.03. The van der Waals surface area contributed by atoms with E-state index < -0.39 is 0 Å². The van der Waals surface area contributed by atoms with E-state index in [1.165, 1.54) is 17.3 Å². The van der Waals surface area contributed by atoms with Gasteiger partial charge in [0.1, 0.15) is 11.4 Å². The molecule has 2 heterocycles. The molecule has 1 aliphatic rings. The molecule has 0 spiro atoms. The number of likely N-dealkylation sites (tertiary alicyclic amines) is 1. The van der Waals surface area contributed by atoms with E-state index in [1.807, 2.05) is 43.0 Å². The van der Waals surface area contributed by atoms with Gasteiger partial charge in [0.25, 0.3) is 0 Å². The van der Waals surface area contributed by atoms with Gasteiger partial charge in [-0.25, -0.2) is 0 Å². The lowest BCUT2D eigenvalue weighted by atomic mass is 9.90. The first-order chi connectivity index (χ1) is 15.7. The van der Waals surface area contributed by atoms with Gasteiger partial charge in [-0.2, -0.15) is 4.68 Å². The van der Waals surface area contributed by atoms with Crippen molar-refractivity contribution in [2.24, 2.45) is 5.92 Å². The number of tetrazole rings is 1. The maximum Gasteiger partial charge on any atom is 0.235 e. The van der Waals surface area contributed by atoms with Gasteiger partial charge in [-0.05, 0) is 67.2 Å². The molecule has 0 saturated carbocycles. The van der Waals surface area contributed by atoms with Crippen molar-refractivity contribution in [2.45, 2.75) is 43.5 Å². The van der Waals surface area contributed by atoms with Crippen LogP contribution in [-0.2, 0) is 11.2 Å². The smallest absolute Gasteiger partial charge is 0.235 e. The summed E-state index contributed by atoms with van der Waals surface area (Å²) in [5.74, 6) is 1.48. The molecule has 0 aliphatic carbocycles. The fourth-order valence-electron chi connectivity index (χ4n) is 4.08. The molecule has 0 N–H and O–H groups in total. The Morgan fingerprint density at radius 3 is 2.59 bits per heavy atom. The number of piperidine rings is 1. The largest absolute Gasteiger partial charge is 0.492 e. The van der Waals surface area contributed by atoms with Gasteiger partial charge in [-0.3, -0.25) is 4.79 Å². The number of benzene rings is 2. The van der Waals surface area contributed by atoms with E-state index in [1.54, 1.807) is 4.68 Å². The Bertz CT molecular complexity index is 1020. The van der Waals surface area contributed by atoms with Crippen LogP contribution in [0.4, 0.5) is 0 Å². The summed E-state index contributed by atoms with van der Waals surface area (Å²) in [6, 6.07) is 18.2. The molecule has 8 heteroatoms. The van der Waals surface area contributed by atoms with Crippen molar-refractivity contribution in [3.63, 3.8) is 0 Å². The van der Waals surface area contributed by atoms with Gasteiger partial charge in [-0.15, -0.1) is 5.10 Å². The first-order valence-corrected chi connectivity index (χ1v) is 12.0. The van der Waals surface area contributed by atoms with Crippen LogP contribution >= 0.6 is 11.8 Å². The molecular weight excluding hydrogens is 422 g/mol. The van der Waals surface area contributed by atoms with Crippen molar-refractivity contribution >= 4 is 17.7 Å². The molecule has 1 atom stereocenters. The highest BCUT2D eigenvalue weighted by molar-refractivity contribution is 8.00. The minimum absolute atomic E-state index is 0.140. The lowest BCUT2D eigenvalue weighted by molar-refractivity contribution is -0.131. The fourth-order valence-corrected chi connectivity index (χ4v) is 4.97. The second kappa shape index (κ2) is 10.6. The minimum atomic E-state index is -0.273. The average Bonchev–Trinajstić information content (AvgIpc) is 3.28. The van der Waals surface area contributed by atoms with E-state index in [0.29, 0.717) is 23.4 Å². The molecule has 32 heavy (non-hydrogen) atoms. The molecule has 7 nitrogen and oxygen atoms in total. The number of amides is 1. The highest BCUT2D eigenvalue weighted by Gasteiger charge is 2.28. The second-order valence-corrected chi connectivity index (χ2v) is 9.30. The third-order valence-corrected chi connectivity index (χ3v) is 6.78. The van der Waals surface area contributed by atoms with E-state index in [-0.39, 0.29) is 11.2 Å². The third kappa shape index (κ3) is 5.30. The van der Waals surface area contributed by atoms with Crippen LogP contribution in [0.15, 0.2) is 59.8 Å². The van der Waals surface area contributed by atoms with Crippen molar-refractivity contribution < 1.29 is 9.53 Å². The predicted octanol–water partition coefficient (Wildman–Crippen LogP) is 4.02. The van der Waals surface area contributed by atoms with Crippen LogP contribution < -0.4 is 4.74 Å². The Kier molecular flexibility index (Phi) is 7.42. The van der Waals surface area contributed by atoms with Crippen molar-refractivity contribution in [3.8, 4) is 11.4 Å². The van der Waals surface area contributed by atoms with Gasteiger partial charge in [0.05, 0.1) is 11.9 Å². The number of thioether (sulfide) groups is 1. The Morgan fingerprint density at radius 2 is 1.84 bits per heavy atom. The highest BCUT2D eigenvalue weighted by Crippen LogP contribution is 2.29. The average molecular weight is 452 g/mol. The number of para-hydroxylation sites is 2. The van der Waals surface area contributed by atoms with Crippen molar-refractivity contribution in [1.82, 2.24) is 25.1 Å². The number of aromatic nitrogens is 4. The van der Waals surface area contributed by atoms with E-state index in [0.717, 1.165) is 38.0 Å². The summed E-state index contributed by atoms with van der Waals surface area (Å²) in [6.07, 6.45) is 3.16. The van der Waals surface area contributed by atoms with Crippen LogP contribution in [0.2, 0.25) is 0 Å². The molecule has 2 aromatic carbocycles. The summed E-state index contributed by atoms with van der Waals surface area (Å²) in [7, 11) is 0.